The summed E-state index contributed by atoms with van der Waals surface area (Å²) < 4.78 is 0. The third-order valence-electron chi connectivity index (χ3n) is 4.09. The van der Waals surface area contributed by atoms with Crippen LogP contribution < -0.4 is 0 Å². The molecule has 2 aliphatic carbocycles. The predicted octanol–water partition coefficient (Wildman–Crippen LogP) is 3.20. The monoisotopic (exact) mass is 192 g/mol. The lowest BCUT2D eigenvalue weighted by atomic mass is 9.75. The van der Waals surface area contributed by atoms with E-state index in [-0.39, 0.29) is 0 Å². The molecule has 14 heavy (non-hydrogen) atoms. The summed E-state index contributed by atoms with van der Waals surface area (Å²) in [6.07, 6.45) is 5.49. The zero-order valence-electron chi connectivity index (χ0n) is 9.42. The van der Waals surface area contributed by atoms with Crippen LogP contribution in [0.5, 0.6) is 0 Å². The van der Waals surface area contributed by atoms with Gasteiger partial charge in [0.15, 0.2) is 5.78 Å². The molecule has 0 unspecified atom stereocenters. The van der Waals surface area contributed by atoms with Crippen LogP contribution in [0.25, 0.3) is 0 Å². The molecule has 0 N–H and O–H groups in total. The molecule has 3 atom stereocenters. The van der Waals surface area contributed by atoms with Crippen LogP contribution in [0.15, 0.2) is 11.6 Å². The molecule has 0 saturated heterocycles. The van der Waals surface area contributed by atoms with Crippen LogP contribution in [-0.2, 0) is 4.79 Å². The van der Waals surface area contributed by atoms with Crippen LogP contribution in [0.4, 0.5) is 0 Å². The van der Waals surface area contributed by atoms with Gasteiger partial charge in [-0.2, -0.15) is 0 Å². The Bertz CT molecular complexity index is 275. The van der Waals surface area contributed by atoms with Gasteiger partial charge in [0.05, 0.1) is 0 Å². The first-order valence-corrected chi connectivity index (χ1v) is 5.84. The largest absolute Gasteiger partial charge is 0.295 e. The number of ketones is 1. The average molecular weight is 192 g/mol. The molecule has 0 aromatic heterocycles. The number of allylic oxidation sites excluding steroid dienone is 2. The van der Waals surface area contributed by atoms with Gasteiger partial charge in [-0.25, -0.2) is 0 Å². The third kappa shape index (κ3) is 1.53. The molecule has 0 aliphatic heterocycles. The molecule has 1 heteroatoms. The highest BCUT2D eigenvalue weighted by molar-refractivity contribution is 5.93. The maximum Gasteiger partial charge on any atom is 0.159 e. The Labute approximate surface area is 86.6 Å². The van der Waals surface area contributed by atoms with Crippen molar-refractivity contribution in [3.8, 4) is 0 Å². The molecule has 1 fully saturated rings. The van der Waals surface area contributed by atoms with Crippen molar-refractivity contribution in [3.05, 3.63) is 11.6 Å². The van der Waals surface area contributed by atoms with Gasteiger partial charge in [-0.1, -0.05) is 26.3 Å². The first-order chi connectivity index (χ1) is 6.59. The van der Waals surface area contributed by atoms with Crippen molar-refractivity contribution in [1.29, 1.82) is 0 Å². The minimum atomic E-state index is 0.368. The Morgan fingerprint density at radius 1 is 1.36 bits per heavy atom. The van der Waals surface area contributed by atoms with Gasteiger partial charge in [-0.15, -0.1) is 0 Å². The predicted molar refractivity (Wildman–Crippen MR) is 57.9 cm³/mol. The molecule has 0 spiro atoms. The zero-order chi connectivity index (χ0) is 10.3. The van der Waals surface area contributed by atoms with Crippen LogP contribution in [-0.4, -0.2) is 5.78 Å². The number of carbonyl (C=O) groups excluding carboxylic acids is 1. The van der Waals surface area contributed by atoms with Gasteiger partial charge in [-0.05, 0) is 43.1 Å². The van der Waals surface area contributed by atoms with E-state index in [2.05, 4.69) is 20.8 Å². The van der Waals surface area contributed by atoms with Gasteiger partial charge in [0, 0.05) is 5.92 Å². The summed E-state index contributed by atoms with van der Waals surface area (Å²) >= 11 is 0. The Balaban J connectivity index is 2.22. The van der Waals surface area contributed by atoms with Gasteiger partial charge in [0.2, 0.25) is 0 Å². The van der Waals surface area contributed by atoms with Gasteiger partial charge in [0.25, 0.3) is 0 Å². The summed E-state index contributed by atoms with van der Waals surface area (Å²) in [5.74, 6) is 2.74. The summed E-state index contributed by atoms with van der Waals surface area (Å²) in [7, 11) is 0. The Morgan fingerprint density at radius 2 is 2.07 bits per heavy atom. The SMILES string of the molecule is CC(C)C1=CC(=O)[C@H]2CC[C@@H](C)[C@H]2C1. The van der Waals surface area contributed by atoms with Crippen LogP contribution >= 0.6 is 0 Å². The lowest BCUT2D eigenvalue weighted by Crippen LogP contribution is -2.26. The van der Waals surface area contributed by atoms with Crippen molar-refractivity contribution >= 4 is 5.78 Å². The van der Waals surface area contributed by atoms with E-state index in [1.165, 1.54) is 18.4 Å². The number of fused-ring (bicyclic) bond motifs is 1. The third-order valence-corrected chi connectivity index (χ3v) is 4.09. The molecule has 78 valence electrons. The fraction of sp³-hybridized carbons (Fsp3) is 0.769. The first-order valence-electron chi connectivity index (χ1n) is 5.84. The van der Waals surface area contributed by atoms with Crippen molar-refractivity contribution in [2.75, 3.05) is 0 Å². The fourth-order valence-corrected chi connectivity index (χ4v) is 2.99. The molecule has 1 nitrogen and oxygen atoms in total. The summed E-state index contributed by atoms with van der Waals surface area (Å²) in [5, 5.41) is 0. The summed E-state index contributed by atoms with van der Waals surface area (Å²) in [4.78, 5) is 11.9. The fourth-order valence-electron chi connectivity index (χ4n) is 2.99. The molecule has 0 bridgehead atoms. The standard InChI is InChI=1S/C13H20O/c1-8(2)10-6-12-9(3)4-5-11(12)13(14)7-10/h7-9,11-12H,4-6H2,1-3H3/t9-,11+,12-/m1/s1. The Kier molecular flexibility index (Phi) is 2.50. The van der Waals surface area contributed by atoms with Crippen molar-refractivity contribution < 1.29 is 4.79 Å². The van der Waals surface area contributed by atoms with Crippen molar-refractivity contribution in [2.24, 2.45) is 23.7 Å². The van der Waals surface area contributed by atoms with Crippen molar-refractivity contribution in [1.82, 2.24) is 0 Å². The van der Waals surface area contributed by atoms with Crippen LogP contribution in [0.1, 0.15) is 40.0 Å². The highest BCUT2D eigenvalue weighted by Gasteiger charge is 2.40. The molecule has 0 radical (unpaired) electrons. The first kappa shape index (κ1) is 9.95. The molecule has 2 rings (SSSR count). The van der Waals surface area contributed by atoms with Crippen LogP contribution in [0.3, 0.4) is 0 Å². The van der Waals surface area contributed by atoms with E-state index in [4.69, 9.17) is 0 Å². The van der Waals surface area contributed by atoms with E-state index in [0.29, 0.717) is 23.5 Å². The second kappa shape index (κ2) is 3.52. The number of hydrogen-bond acceptors (Lipinski definition) is 1. The van der Waals surface area contributed by atoms with Gasteiger partial charge in [-0.3, -0.25) is 4.79 Å². The maximum atomic E-state index is 11.9. The van der Waals surface area contributed by atoms with Crippen molar-refractivity contribution in [3.63, 3.8) is 0 Å². The van der Waals surface area contributed by atoms with E-state index in [1.807, 2.05) is 6.08 Å². The average Bonchev–Trinajstić information content (AvgIpc) is 2.48. The number of rotatable bonds is 1. The molecular formula is C13H20O. The normalized spacial score (nSPS) is 37.3. The van der Waals surface area contributed by atoms with E-state index in [1.54, 1.807) is 0 Å². The van der Waals surface area contributed by atoms with Gasteiger partial charge < -0.3 is 0 Å². The minimum Gasteiger partial charge on any atom is -0.295 e. The summed E-state index contributed by atoms with van der Waals surface area (Å²) in [5.41, 5.74) is 1.38. The molecule has 0 amide bonds. The quantitative estimate of drug-likeness (QED) is 0.623. The summed E-state index contributed by atoms with van der Waals surface area (Å²) in [6.45, 7) is 6.69. The van der Waals surface area contributed by atoms with Crippen LogP contribution in [0, 0.1) is 23.7 Å². The Morgan fingerprint density at radius 3 is 2.71 bits per heavy atom. The highest BCUT2D eigenvalue weighted by Crippen LogP contribution is 2.44. The number of carbonyl (C=O) groups is 1. The van der Waals surface area contributed by atoms with E-state index >= 15 is 0 Å². The zero-order valence-corrected chi connectivity index (χ0v) is 9.42. The highest BCUT2D eigenvalue weighted by atomic mass is 16.1. The van der Waals surface area contributed by atoms with Gasteiger partial charge in [0.1, 0.15) is 0 Å². The smallest absolute Gasteiger partial charge is 0.159 e. The maximum absolute atomic E-state index is 11.9. The Hall–Kier alpha value is -0.590. The lowest BCUT2D eigenvalue weighted by Gasteiger charge is -2.28. The van der Waals surface area contributed by atoms with Gasteiger partial charge >= 0.3 is 0 Å². The van der Waals surface area contributed by atoms with E-state index in [0.717, 1.165) is 12.3 Å². The second-order valence-corrected chi connectivity index (χ2v) is 5.31. The second-order valence-electron chi connectivity index (χ2n) is 5.31. The minimum absolute atomic E-state index is 0.368. The molecule has 1 saturated carbocycles. The number of hydrogen-bond donors (Lipinski definition) is 0. The molecular weight excluding hydrogens is 172 g/mol. The molecule has 2 aliphatic rings. The topological polar surface area (TPSA) is 17.1 Å². The van der Waals surface area contributed by atoms with Crippen molar-refractivity contribution in [2.45, 2.75) is 40.0 Å². The van der Waals surface area contributed by atoms with E-state index in [9.17, 15) is 4.79 Å². The van der Waals surface area contributed by atoms with E-state index < -0.39 is 0 Å². The lowest BCUT2D eigenvalue weighted by molar-refractivity contribution is -0.120. The van der Waals surface area contributed by atoms with Crippen LogP contribution in [0.2, 0.25) is 0 Å². The molecule has 0 aromatic rings. The summed E-state index contributed by atoms with van der Waals surface area (Å²) in [6, 6.07) is 0. The molecule has 0 aromatic carbocycles. The molecule has 0 heterocycles.